The van der Waals surface area contributed by atoms with E-state index in [2.05, 4.69) is 11.6 Å². The van der Waals surface area contributed by atoms with Gasteiger partial charge < -0.3 is 5.73 Å². The second-order valence-electron chi connectivity index (χ2n) is 2.48. The molecular formula is C9H12N2. The summed E-state index contributed by atoms with van der Waals surface area (Å²) in [5.74, 6) is 0. The van der Waals surface area contributed by atoms with E-state index in [1.54, 1.807) is 6.20 Å². The maximum Gasteiger partial charge on any atom is 0.0407 e. The van der Waals surface area contributed by atoms with Crippen molar-refractivity contribution in [1.29, 1.82) is 0 Å². The lowest BCUT2D eigenvalue weighted by atomic mass is 10.2. The summed E-state index contributed by atoms with van der Waals surface area (Å²) in [5.41, 5.74) is 7.20. The highest BCUT2D eigenvalue weighted by atomic mass is 14.7. The van der Waals surface area contributed by atoms with Gasteiger partial charge in [0.15, 0.2) is 0 Å². The summed E-state index contributed by atoms with van der Waals surface area (Å²) in [6, 6.07) is 5.87. The Morgan fingerprint density at radius 3 is 2.91 bits per heavy atom. The lowest BCUT2D eigenvalue weighted by Gasteiger charge is -1.98. The first-order valence-corrected chi connectivity index (χ1v) is 3.62. The van der Waals surface area contributed by atoms with Crippen LogP contribution in [0.25, 0.3) is 0 Å². The number of allylic oxidation sites excluding steroid dienone is 1. The van der Waals surface area contributed by atoms with Crippen molar-refractivity contribution in [3.05, 3.63) is 42.4 Å². The molecule has 0 aromatic carbocycles. The Kier molecular flexibility index (Phi) is 2.66. The van der Waals surface area contributed by atoms with E-state index in [0.717, 1.165) is 24.2 Å². The predicted molar refractivity (Wildman–Crippen MR) is 45.9 cm³/mol. The fourth-order valence-corrected chi connectivity index (χ4v) is 0.835. The van der Waals surface area contributed by atoms with Gasteiger partial charge in [-0.1, -0.05) is 12.6 Å². The van der Waals surface area contributed by atoms with E-state index >= 15 is 0 Å². The number of pyridine rings is 1. The Hall–Kier alpha value is -1.31. The molecule has 2 heteroatoms. The van der Waals surface area contributed by atoms with Gasteiger partial charge in [-0.15, -0.1) is 0 Å². The Morgan fingerprint density at radius 1 is 1.55 bits per heavy atom. The maximum absolute atomic E-state index is 5.42. The number of rotatable bonds is 3. The summed E-state index contributed by atoms with van der Waals surface area (Å²) in [4.78, 5) is 4.15. The normalized spacial score (nSPS) is 9.45. The van der Waals surface area contributed by atoms with Gasteiger partial charge in [-0.3, -0.25) is 4.98 Å². The minimum Gasteiger partial charge on any atom is -0.403 e. The van der Waals surface area contributed by atoms with Crippen molar-refractivity contribution >= 4 is 0 Å². The molecule has 1 rings (SSSR count). The van der Waals surface area contributed by atoms with Crippen LogP contribution < -0.4 is 5.73 Å². The van der Waals surface area contributed by atoms with Crippen molar-refractivity contribution in [2.75, 3.05) is 0 Å². The molecule has 0 atom stereocenters. The highest BCUT2D eigenvalue weighted by Crippen LogP contribution is 2.00. The monoisotopic (exact) mass is 148 g/mol. The molecule has 0 saturated heterocycles. The number of aryl methyl sites for hydroxylation is 1. The van der Waals surface area contributed by atoms with Crippen LogP contribution in [0.2, 0.25) is 0 Å². The van der Waals surface area contributed by atoms with Crippen LogP contribution >= 0.6 is 0 Å². The third-order valence-electron chi connectivity index (χ3n) is 1.43. The van der Waals surface area contributed by atoms with Crippen molar-refractivity contribution in [3.63, 3.8) is 0 Å². The number of hydrogen-bond donors (Lipinski definition) is 1. The molecule has 0 bridgehead atoms. The summed E-state index contributed by atoms with van der Waals surface area (Å²) < 4.78 is 0. The lowest BCUT2D eigenvalue weighted by molar-refractivity contribution is 0.893. The molecule has 0 amide bonds. The van der Waals surface area contributed by atoms with Gasteiger partial charge in [0.05, 0.1) is 0 Å². The van der Waals surface area contributed by atoms with Gasteiger partial charge in [0.1, 0.15) is 0 Å². The molecule has 0 aliphatic rings. The largest absolute Gasteiger partial charge is 0.403 e. The van der Waals surface area contributed by atoms with Crippen LogP contribution in [-0.2, 0) is 6.42 Å². The average molecular weight is 148 g/mol. The quantitative estimate of drug-likeness (QED) is 0.705. The second kappa shape index (κ2) is 3.76. The molecule has 0 radical (unpaired) electrons. The Balaban J connectivity index is 2.45. The molecule has 2 N–H and O–H groups in total. The van der Waals surface area contributed by atoms with Gasteiger partial charge in [-0.2, -0.15) is 0 Å². The number of nitrogens with zero attached hydrogens (tertiary/aromatic N) is 1. The zero-order valence-corrected chi connectivity index (χ0v) is 6.46. The fourth-order valence-electron chi connectivity index (χ4n) is 0.835. The van der Waals surface area contributed by atoms with Gasteiger partial charge in [-0.05, 0) is 25.0 Å². The average Bonchev–Trinajstić information content (AvgIpc) is 2.03. The molecule has 0 aliphatic carbocycles. The first-order valence-electron chi connectivity index (χ1n) is 3.62. The molecule has 58 valence electrons. The van der Waals surface area contributed by atoms with Crippen molar-refractivity contribution in [1.82, 2.24) is 4.98 Å². The first-order chi connectivity index (χ1) is 5.29. The fraction of sp³-hybridized carbons (Fsp3) is 0.222. The number of hydrogen-bond acceptors (Lipinski definition) is 2. The zero-order valence-electron chi connectivity index (χ0n) is 6.46. The summed E-state index contributed by atoms with van der Waals surface area (Å²) in [5, 5.41) is 0. The third kappa shape index (κ3) is 2.85. The van der Waals surface area contributed by atoms with Crippen molar-refractivity contribution in [2.45, 2.75) is 12.8 Å². The van der Waals surface area contributed by atoms with Gasteiger partial charge in [-0.25, -0.2) is 0 Å². The van der Waals surface area contributed by atoms with E-state index in [1.165, 1.54) is 0 Å². The van der Waals surface area contributed by atoms with Crippen LogP contribution in [0.1, 0.15) is 12.1 Å². The van der Waals surface area contributed by atoms with Crippen LogP contribution in [0.4, 0.5) is 0 Å². The standard InChI is InChI=1S/C9H12N2/c1-8(10)5-6-9-4-2-3-7-11-9/h2-4,7H,1,5-6,10H2. The van der Waals surface area contributed by atoms with Crippen molar-refractivity contribution in [3.8, 4) is 0 Å². The van der Waals surface area contributed by atoms with Crippen LogP contribution in [0, 0.1) is 0 Å². The highest BCUT2D eigenvalue weighted by Gasteiger charge is 1.92. The summed E-state index contributed by atoms with van der Waals surface area (Å²) in [6.45, 7) is 3.62. The van der Waals surface area contributed by atoms with Crippen LogP contribution in [0.15, 0.2) is 36.7 Å². The third-order valence-corrected chi connectivity index (χ3v) is 1.43. The number of aromatic nitrogens is 1. The van der Waals surface area contributed by atoms with E-state index in [-0.39, 0.29) is 0 Å². The zero-order chi connectivity index (χ0) is 8.10. The Labute approximate surface area is 66.8 Å². The predicted octanol–water partition coefficient (Wildman–Crippen LogP) is 1.49. The smallest absolute Gasteiger partial charge is 0.0407 e. The summed E-state index contributed by atoms with van der Waals surface area (Å²) in [7, 11) is 0. The van der Waals surface area contributed by atoms with Crippen molar-refractivity contribution < 1.29 is 0 Å². The Morgan fingerprint density at radius 2 is 2.36 bits per heavy atom. The van der Waals surface area contributed by atoms with E-state index in [0.29, 0.717) is 0 Å². The summed E-state index contributed by atoms with van der Waals surface area (Å²) in [6.07, 6.45) is 3.49. The van der Waals surface area contributed by atoms with E-state index < -0.39 is 0 Å². The minimum absolute atomic E-state index is 0.718. The maximum atomic E-state index is 5.42. The van der Waals surface area contributed by atoms with E-state index in [1.807, 2.05) is 18.2 Å². The molecule has 0 fully saturated rings. The van der Waals surface area contributed by atoms with Gasteiger partial charge in [0.25, 0.3) is 0 Å². The molecule has 2 nitrogen and oxygen atoms in total. The second-order valence-corrected chi connectivity index (χ2v) is 2.48. The van der Waals surface area contributed by atoms with Crippen LogP contribution in [0.3, 0.4) is 0 Å². The molecule has 1 aromatic heterocycles. The molecule has 0 spiro atoms. The molecule has 1 heterocycles. The van der Waals surface area contributed by atoms with Gasteiger partial charge in [0, 0.05) is 17.6 Å². The highest BCUT2D eigenvalue weighted by molar-refractivity contribution is 5.05. The van der Waals surface area contributed by atoms with Gasteiger partial charge >= 0.3 is 0 Å². The number of nitrogens with two attached hydrogens (primary N) is 1. The topological polar surface area (TPSA) is 38.9 Å². The molecular weight excluding hydrogens is 136 g/mol. The van der Waals surface area contributed by atoms with Crippen LogP contribution in [-0.4, -0.2) is 4.98 Å². The van der Waals surface area contributed by atoms with Crippen molar-refractivity contribution in [2.24, 2.45) is 5.73 Å². The molecule has 0 saturated carbocycles. The van der Waals surface area contributed by atoms with Gasteiger partial charge in [0.2, 0.25) is 0 Å². The Bertz CT molecular complexity index is 229. The van der Waals surface area contributed by atoms with E-state index in [9.17, 15) is 0 Å². The molecule has 1 aromatic rings. The van der Waals surface area contributed by atoms with E-state index in [4.69, 9.17) is 5.73 Å². The molecule has 0 unspecified atom stereocenters. The first kappa shape index (κ1) is 7.79. The minimum atomic E-state index is 0.718. The van der Waals surface area contributed by atoms with Crippen LogP contribution in [0.5, 0.6) is 0 Å². The molecule has 11 heavy (non-hydrogen) atoms. The SMILES string of the molecule is C=C(N)CCc1ccccn1. The summed E-state index contributed by atoms with van der Waals surface area (Å²) >= 11 is 0. The lowest BCUT2D eigenvalue weighted by Crippen LogP contribution is -1.97. The molecule has 0 aliphatic heterocycles.